The molecule has 0 aliphatic rings. The molecule has 0 amide bonds. The van der Waals surface area contributed by atoms with Crippen molar-refractivity contribution in [3.8, 4) is 5.75 Å². The molecule has 0 spiro atoms. The zero-order valence-electron chi connectivity index (χ0n) is 11.0. The quantitative estimate of drug-likeness (QED) is 0.620. The van der Waals surface area contributed by atoms with Gasteiger partial charge >= 0.3 is 0 Å². The minimum absolute atomic E-state index is 0.178. The highest BCUT2D eigenvalue weighted by Gasteiger charge is 2.14. The molecule has 1 atom stereocenters. The Balaban J connectivity index is 2.31. The topological polar surface area (TPSA) is 9.23 Å². The van der Waals surface area contributed by atoms with E-state index in [-0.39, 0.29) is 4.83 Å². The maximum absolute atomic E-state index is 5.50. The second kappa shape index (κ2) is 6.58. The Morgan fingerprint density at radius 1 is 1.16 bits per heavy atom. The monoisotopic (exact) mass is 382 g/mol. The van der Waals surface area contributed by atoms with Crippen molar-refractivity contribution in [2.75, 3.05) is 6.61 Å². The lowest BCUT2D eigenvalue weighted by atomic mass is 10.0. The van der Waals surface area contributed by atoms with E-state index in [4.69, 9.17) is 4.74 Å². The summed E-state index contributed by atoms with van der Waals surface area (Å²) in [6.45, 7) is 4.78. The number of rotatable bonds is 4. The number of ether oxygens (including phenoxy) is 1. The van der Waals surface area contributed by atoms with Crippen LogP contribution in [0.15, 0.2) is 46.9 Å². The van der Waals surface area contributed by atoms with Gasteiger partial charge < -0.3 is 4.74 Å². The van der Waals surface area contributed by atoms with Crippen LogP contribution in [0.3, 0.4) is 0 Å². The molecule has 0 saturated heterocycles. The number of hydrogen-bond donors (Lipinski definition) is 0. The Bertz CT molecular complexity index is 566. The van der Waals surface area contributed by atoms with Crippen molar-refractivity contribution in [1.82, 2.24) is 0 Å². The Hall–Kier alpha value is -0.800. The third kappa shape index (κ3) is 3.61. The maximum atomic E-state index is 5.50. The van der Waals surface area contributed by atoms with Crippen LogP contribution in [-0.2, 0) is 0 Å². The van der Waals surface area contributed by atoms with E-state index < -0.39 is 0 Å². The molecule has 2 aromatic rings. The summed E-state index contributed by atoms with van der Waals surface area (Å²) in [5.41, 5.74) is 3.72. The maximum Gasteiger partial charge on any atom is 0.120 e. The highest BCUT2D eigenvalue weighted by molar-refractivity contribution is 9.11. The second-order valence-electron chi connectivity index (χ2n) is 4.39. The SMILES string of the molecule is CCOc1ccc(C(Br)c2cccc(C)c2)c(Br)c1. The molecule has 0 aliphatic heterocycles. The fourth-order valence-corrected chi connectivity index (χ4v) is 3.56. The standard InChI is InChI=1S/C16H16Br2O/c1-3-19-13-7-8-14(15(17)10-13)16(18)12-6-4-5-11(2)9-12/h4-10,16H,3H2,1-2H3. The van der Waals surface area contributed by atoms with Gasteiger partial charge in [-0.3, -0.25) is 0 Å². The highest BCUT2D eigenvalue weighted by atomic mass is 79.9. The molecule has 0 fully saturated rings. The zero-order chi connectivity index (χ0) is 13.8. The third-order valence-corrected chi connectivity index (χ3v) is 4.60. The fraction of sp³-hybridized carbons (Fsp3) is 0.250. The smallest absolute Gasteiger partial charge is 0.120 e. The lowest BCUT2D eigenvalue weighted by molar-refractivity contribution is 0.340. The average Bonchev–Trinajstić information content (AvgIpc) is 2.38. The molecular weight excluding hydrogens is 368 g/mol. The van der Waals surface area contributed by atoms with Crippen molar-refractivity contribution in [3.63, 3.8) is 0 Å². The van der Waals surface area contributed by atoms with Crippen LogP contribution >= 0.6 is 31.9 Å². The summed E-state index contributed by atoms with van der Waals surface area (Å²) < 4.78 is 6.56. The highest BCUT2D eigenvalue weighted by Crippen LogP contribution is 2.37. The van der Waals surface area contributed by atoms with Crippen LogP contribution in [-0.4, -0.2) is 6.61 Å². The first kappa shape index (κ1) is 14.6. The largest absolute Gasteiger partial charge is 0.494 e. The zero-order valence-corrected chi connectivity index (χ0v) is 14.2. The molecule has 0 bridgehead atoms. The lowest BCUT2D eigenvalue weighted by Crippen LogP contribution is -1.96. The molecule has 100 valence electrons. The van der Waals surface area contributed by atoms with Crippen molar-refractivity contribution in [3.05, 3.63) is 63.6 Å². The van der Waals surface area contributed by atoms with Gasteiger partial charge in [0.2, 0.25) is 0 Å². The van der Waals surface area contributed by atoms with Gasteiger partial charge in [0.25, 0.3) is 0 Å². The average molecular weight is 384 g/mol. The van der Waals surface area contributed by atoms with Gasteiger partial charge in [-0.15, -0.1) is 0 Å². The molecule has 0 N–H and O–H groups in total. The molecule has 2 rings (SSSR count). The number of hydrogen-bond acceptors (Lipinski definition) is 1. The normalized spacial score (nSPS) is 12.2. The van der Waals surface area contributed by atoms with E-state index in [0.29, 0.717) is 6.61 Å². The van der Waals surface area contributed by atoms with Crippen molar-refractivity contribution in [2.45, 2.75) is 18.7 Å². The van der Waals surface area contributed by atoms with Gasteiger partial charge in [0, 0.05) is 4.47 Å². The third-order valence-electron chi connectivity index (χ3n) is 2.89. The summed E-state index contributed by atoms with van der Waals surface area (Å²) in [5.74, 6) is 0.891. The number of aryl methyl sites for hydroxylation is 1. The first-order chi connectivity index (χ1) is 9.11. The molecule has 1 unspecified atom stereocenters. The molecule has 1 nitrogen and oxygen atoms in total. The van der Waals surface area contributed by atoms with Gasteiger partial charge in [0.1, 0.15) is 5.75 Å². The molecule has 0 aliphatic carbocycles. The van der Waals surface area contributed by atoms with Crippen LogP contribution in [0.4, 0.5) is 0 Å². The van der Waals surface area contributed by atoms with Crippen LogP contribution in [0.1, 0.15) is 28.4 Å². The summed E-state index contributed by atoms with van der Waals surface area (Å²) in [7, 11) is 0. The van der Waals surface area contributed by atoms with E-state index in [1.54, 1.807) is 0 Å². The molecule has 0 aromatic heterocycles. The number of benzene rings is 2. The van der Waals surface area contributed by atoms with E-state index in [1.165, 1.54) is 16.7 Å². The summed E-state index contributed by atoms with van der Waals surface area (Å²) in [6, 6.07) is 14.6. The predicted molar refractivity (Wildman–Crippen MR) is 87.3 cm³/mol. The number of alkyl halides is 1. The Kier molecular flexibility index (Phi) is 5.06. The van der Waals surface area contributed by atoms with Gasteiger partial charge in [0.15, 0.2) is 0 Å². The van der Waals surface area contributed by atoms with E-state index in [2.05, 4.69) is 69.1 Å². The van der Waals surface area contributed by atoms with Gasteiger partial charge in [-0.05, 0) is 37.1 Å². The molecule has 0 radical (unpaired) electrons. The summed E-state index contributed by atoms with van der Waals surface area (Å²) >= 11 is 7.40. The predicted octanol–water partition coefficient (Wildman–Crippen LogP) is 5.64. The Labute approximate surface area is 131 Å². The Morgan fingerprint density at radius 2 is 1.95 bits per heavy atom. The lowest BCUT2D eigenvalue weighted by Gasteiger charge is -2.14. The minimum atomic E-state index is 0.178. The number of halogens is 2. The van der Waals surface area contributed by atoms with E-state index in [0.717, 1.165) is 10.2 Å². The molecular formula is C16H16Br2O. The molecule has 2 aromatic carbocycles. The summed E-state index contributed by atoms with van der Waals surface area (Å²) in [5, 5.41) is 0. The van der Waals surface area contributed by atoms with Gasteiger partial charge in [-0.2, -0.15) is 0 Å². The summed E-state index contributed by atoms with van der Waals surface area (Å²) in [4.78, 5) is 0.178. The van der Waals surface area contributed by atoms with Crippen molar-refractivity contribution in [1.29, 1.82) is 0 Å². The first-order valence-electron chi connectivity index (χ1n) is 6.24. The van der Waals surface area contributed by atoms with Crippen LogP contribution in [0, 0.1) is 6.92 Å². The fourth-order valence-electron chi connectivity index (χ4n) is 1.98. The van der Waals surface area contributed by atoms with E-state index in [9.17, 15) is 0 Å². The van der Waals surface area contributed by atoms with E-state index >= 15 is 0 Å². The van der Waals surface area contributed by atoms with Gasteiger partial charge in [0.05, 0.1) is 11.4 Å². The van der Waals surface area contributed by atoms with Crippen LogP contribution < -0.4 is 4.74 Å². The van der Waals surface area contributed by atoms with Crippen molar-refractivity contribution < 1.29 is 4.74 Å². The van der Waals surface area contributed by atoms with Gasteiger partial charge in [-0.1, -0.05) is 67.8 Å². The first-order valence-corrected chi connectivity index (χ1v) is 7.95. The Morgan fingerprint density at radius 3 is 2.58 bits per heavy atom. The van der Waals surface area contributed by atoms with Crippen LogP contribution in [0.2, 0.25) is 0 Å². The molecule has 0 heterocycles. The minimum Gasteiger partial charge on any atom is -0.494 e. The second-order valence-corrected chi connectivity index (χ2v) is 6.16. The molecule has 3 heteroatoms. The van der Waals surface area contributed by atoms with Crippen LogP contribution in [0.25, 0.3) is 0 Å². The van der Waals surface area contributed by atoms with E-state index in [1.807, 2.05) is 19.1 Å². The molecule has 19 heavy (non-hydrogen) atoms. The van der Waals surface area contributed by atoms with Crippen molar-refractivity contribution >= 4 is 31.9 Å². The summed E-state index contributed by atoms with van der Waals surface area (Å²) in [6.07, 6.45) is 0. The van der Waals surface area contributed by atoms with Crippen molar-refractivity contribution in [2.24, 2.45) is 0 Å². The molecule has 0 saturated carbocycles. The van der Waals surface area contributed by atoms with Crippen LogP contribution in [0.5, 0.6) is 5.75 Å². The van der Waals surface area contributed by atoms with Gasteiger partial charge in [-0.25, -0.2) is 0 Å².